The molecule has 32 heavy (non-hydrogen) atoms. The number of aromatic amines is 1. The molecule has 0 aliphatic heterocycles. The molecule has 0 aliphatic carbocycles. The molecule has 0 unspecified atom stereocenters. The SMILES string of the molecule is COCCCN(CCOc1ccc(Cl)cc1)c1c(N)n(Cc2ccccc2)c(=O)[nH]c1=O. The summed E-state index contributed by atoms with van der Waals surface area (Å²) >= 11 is 5.91. The Kier molecular flexibility index (Phi) is 8.35. The average Bonchev–Trinajstić information content (AvgIpc) is 2.78. The van der Waals surface area contributed by atoms with Crippen LogP contribution in [-0.2, 0) is 11.3 Å². The lowest BCUT2D eigenvalue weighted by molar-refractivity contribution is 0.195. The highest BCUT2D eigenvalue weighted by atomic mass is 35.5. The van der Waals surface area contributed by atoms with Gasteiger partial charge in [0.2, 0.25) is 0 Å². The van der Waals surface area contributed by atoms with E-state index in [1.54, 1.807) is 31.4 Å². The van der Waals surface area contributed by atoms with E-state index in [9.17, 15) is 9.59 Å². The molecule has 3 aromatic rings. The highest BCUT2D eigenvalue weighted by Crippen LogP contribution is 2.19. The second kappa shape index (κ2) is 11.4. The van der Waals surface area contributed by atoms with Crippen molar-refractivity contribution in [1.29, 1.82) is 0 Å². The Morgan fingerprint density at radius 1 is 1.03 bits per heavy atom. The fraction of sp³-hybridized carbons (Fsp3) is 0.304. The van der Waals surface area contributed by atoms with Gasteiger partial charge in [-0.05, 0) is 36.2 Å². The Balaban J connectivity index is 1.85. The van der Waals surface area contributed by atoms with E-state index in [0.29, 0.717) is 43.5 Å². The largest absolute Gasteiger partial charge is 0.492 e. The molecule has 0 bridgehead atoms. The van der Waals surface area contributed by atoms with Gasteiger partial charge < -0.3 is 20.1 Å². The molecule has 170 valence electrons. The third kappa shape index (κ3) is 6.15. The first-order valence-electron chi connectivity index (χ1n) is 10.3. The van der Waals surface area contributed by atoms with Gasteiger partial charge in [-0.1, -0.05) is 41.9 Å². The molecule has 9 heteroatoms. The molecule has 0 atom stereocenters. The zero-order chi connectivity index (χ0) is 22.9. The highest BCUT2D eigenvalue weighted by molar-refractivity contribution is 6.30. The van der Waals surface area contributed by atoms with Crippen molar-refractivity contribution >= 4 is 23.1 Å². The monoisotopic (exact) mass is 458 g/mol. The number of nitrogens with zero attached hydrogens (tertiary/aromatic N) is 2. The second-order valence-corrected chi connectivity index (χ2v) is 7.64. The van der Waals surface area contributed by atoms with Gasteiger partial charge in [0.25, 0.3) is 5.56 Å². The van der Waals surface area contributed by atoms with E-state index in [0.717, 1.165) is 5.56 Å². The molecule has 3 N–H and O–H groups in total. The maximum atomic E-state index is 12.7. The number of anilines is 2. The molecule has 0 spiro atoms. The van der Waals surface area contributed by atoms with Crippen molar-refractivity contribution in [2.24, 2.45) is 0 Å². The minimum Gasteiger partial charge on any atom is -0.492 e. The van der Waals surface area contributed by atoms with Crippen molar-refractivity contribution in [3.8, 4) is 5.75 Å². The quantitative estimate of drug-likeness (QED) is 0.428. The number of ether oxygens (including phenoxy) is 2. The summed E-state index contributed by atoms with van der Waals surface area (Å²) in [5.41, 5.74) is 6.42. The lowest BCUT2D eigenvalue weighted by Gasteiger charge is -2.26. The Morgan fingerprint density at radius 3 is 2.44 bits per heavy atom. The number of H-pyrrole nitrogens is 1. The molecule has 0 amide bonds. The van der Waals surface area contributed by atoms with Gasteiger partial charge in [-0.3, -0.25) is 14.3 Å². The summed E-state index contributed by atoms with van der Waals surface area (Å²) < 4.78 is 12.3. The van der Waals surface area contributed by atoms with Crippen molar-refractivity contribution in [3.63, 3.8) is 0 Å². The molecule has 1 heterocycles. The summed E-state index contributed by atoms with van der Waals surface area (Å²) in [6.07, 6.45) is 0.675. The number of methoxy groups -OCH3 is 1. The van der Waals surface area contributed by atoms with Crippen molar-refractivity contribution in [2.45, 2.75) is 13.0 Å². The van der Waals surface area contributed by atoms with Crippen molar-refractivity contribution < 1.29 is 9.47 Å². The number of nitrogen functional groups attached to an aromatic ring is 1. The van der Waals surface area contributed by atoms with Gasteiger partial charge in [0, 0.05) is 25.3 Å². The molecular formula is C23H27ClN4O4. The lowest BCUT2D eigenvalue weighted by atomic mass is 10.2. The Morgan fingerprint density at radius 2 is 1.75 bits per heavy atom. The number of hydrogen-bond acceptors (Lipinski definition) is 6. The van der Waals surface area contributed by atoms with Gasteiger partial charge in [-0.2, -0.15) is 0 Å². The fourth-order valence-electron chi connectivity index (χ4n) is 3.35. The minimum atomic E-state index is -0.547. The molecule has 0 saturated heterocycles. The zero-order valence-electron chi connectivity index (χ0n) is 17.9. The van der Waals surface area contributed by atoms with Gasteiger partial charge in [0.15, 0.2) is 0 Å². The van der Waals surface area contributed by atoms with Crippen molar-refractivity contribution in [3.05, 3.63) is 86.0 Å². The Bertz CT molecular complexity index is 1110. The maximum Gasteiger partial charge on any atom is 0.330 e. The first-order chi connectivity index (χ1) is 15.5. The van der Waals surface area contributed by atoms with Crippen LogP contribution in [0.25, 0.3) is 0 Å². The number of rotatable bonds is 11. The van der Waals surface area contributed by atoms with Crippen LogP contribution in [-0.4, -0.2) is 43.0 Å². The first kappa shape index (κ1) is 23.4. The first-order valence-corrected chi connectivity index (χ1v) is 10.7. The van der Waals surface area contributed by atoms with E-state index in [1.165, 1.54) is 4.57 Å². The lowest BCUT2D eigenvalue weighted by Crippen LogP contribution is -2.40. The third-order valence-corrected chi connectivity index (χ3v) is 5.19. The summed E-state index contributed by atoms with van der Waals surface area (Å²) in [6.45, 7) is 1.99. The van der Waals surface area contributed by atoms with Crippen LogP contribution in [0.15, 0.2) is 64.2 Å². The second-order valence-electron chi connectivity index (χ2n) is 7.20. The van der Waals surface area contributed by atoms with Crippen LogP contribution in [0.1, 0.15) is 12.0 Å². The number of nitrogens with one attached hydrogen (secondary N) is 1. The third-order valence-electron chi connectivity index (χ3n) is 4.93. The van der Waals surface area contributed by atoms with Crippen LogP contribution >= 0.6 is 11.6 Å². The number of benzene rings is 2. The van der Waals surface area contributed by atoms with Crippen LogP contribution in [0.4, 0.5) is 11.5 Å². The van der Waals surface area contributed by atoms with E-state index < -0.39 is 11.2 Å². The summed E-state index contributed by atoms with van der Waals surface area (Å²) in [4.78, 5) is 29.4. The van der Waals surface area contributed by atoms with Crippen LogP contribution in [0.5, 0.6) is 5.75 Å². The smallest absolute Gasteiger partial charge is 0.330 e. The van der Waals surface area contributed by atoms with E-state index >= 15 is 0 Å². The number of nitrogens with two attached hydrogens (primary N) is 1. The average molecular weight is 459 g/mol. The van der Waals surface area contributed by atoms with Gasteiger partial charge in [0.05, 0.1) is 13.1 Å². The molecule has 2 aromatic carbocycles. The molecule has 0 radical (unpaired) electrons. The van der Waals surface area contributed by atoms with E-state index in [1.807, 2.05) is 35.2 Å². The zero-order valence-corrected chi connectivity index (χ0v) is 18.7. The van der Waals surface area contributed by atoms with Crippen LogP contribution in [0.3, 0.4) is 0 Å². The highest BCUT2D eigenvalue weighted by Gasteiger charge is 2.19. The standard InChI is InChI=1S/C23H27ClN4O4/c1-31-14-5-12-27(13-15-32-19-10-8-18(24)9-11-19)20-21(25)28(23(30)26-22(20)29)16-17-6-3-2-4-7-17/h2-4,6-11H,5,12-16,25H2,1H3,(H,26,29,30). The van der Waals surface area contributed by atoms with Crippen LogP contribution in [0.2, 0.25) is 5.02 Å². The van der Waals surface area contributed by atoms with Crippen molar-refractivity contribution in [2.75, 3.05) is 44.0 Å². The van der Waals surface area contributed by atoms with Crippen LogP contribution < -0.4 is 26.6 Å². The Labute approximate surface area is 191 Å². The van der Waals surface area contributed by atoms with Crippen LogP contribution in [0, 0.1) is 0 Å². The summed E-state index contributed by atoms with van der Waals surface area (Å²) in [6, 6.07) is 16.5. The predicted octanol–water partition coefficient (Wildman–Crippen LogP) is 2.74. The Hall–Kier alpha value is -3.23. The topological polar surface area (TPSA) is 103 Å². The molecule has 1 aromatic heterocycles. The number of hydrogen-bond donors (Lipinski definition) is 2. The van der Waals surface area contributed by atoms with Gasteiger partial charge in [-0.25, -0.2) is 4.79 Å². The number of halogens is 1. The van der Waals surface area contributed by atoms with E-state index in [4.69, 9.17) is 26.8 Å². The van der Waals surface area contributed by atoms with E-state index in [2.05, 4.69) is 4.98 Å². The minimum absolute atomic E-state index is 0.117. The van der Waals surface area contributed by atoms with Crippen molar-refractivity contribution in [1.82, 2.24) is 9.55 Å². The van der Waals surface area contributed by atoms with Gasteiger partial charge in [0.1, 0.15) is 23.9 Å². The van der Waals surface area contributed by atoms with Gasteiger partial charge in [-0.15, -0.1) is 0 Å². The maximum absolute atomic E-state index is 12.7. The number of aromatic nitrogens is 2. The molecule has 0 saturated carbocycles. The molecule has 0 fully saturated rings. The summed E-state index contributed by atoms with van der Waals surface area (Å²) in [5, 5.41) is 0.624. The summed E-state index contributed by atoms with van der Waals surface area (Å²) in [5.74, 6) is 0.786. The van der Waals surface area contributed by atoms with E-state index in [-0.39, 0.29) is 18.1 Å². The molecule has 3 rings (SSSR count). The summed E-state index contributed by atoms with van der Waals surface area (Å²) in [7, 11) is 1.62. The molecule has 8 nitrogen and oxygen atoms in total. The fourth-order valence-corrected chi connectivity index (χ4v) is 3.47. The normalized spacial score (nSPS) is 10.8. The van der Waals surface area contributed by atoms with Gasteiger partial charge >= 0.3 is 5.69 Å². The molecule has 0 aliphatic rings. The predicted molar refractivity (Wildman–Crippen MR) is 127 cm³/mol. The molecular weight excluding hydrogens is 432 g/mol.